The molecule has 0 aliphatic rings. The number of aliphatic hydroxyl groups is 1. The van der Waals surface area contributed by atoms with Crippen LogP contribution in [-0.2, 0) is 0 Å². The predicted octanol–water partition coefficient (Wildman–Crippen LogP) is 2.55. The lowest BCUT2D eigenvalue weighted by molar-refractivity contribution is 0.208. The number of hydrogen-bond donors (Lipinski definition) is 2. The first kappa shape index (κ1) is 10.5. The Morgan fingerprint density at radius 1 is 1.54 bits per heavy atom. The van der Waals surface area contributed by atoms with E-state index in [1.54, 1.807) is 6.92 Å². The summed E-state index contributed by atoms with van der Waals surface area (Å²) in [5, 5.41) is 12.3. The lowest BCUT2D eigenvalue weighted by Gasteiger charge is -2.11. The second-order valence-corrected chi connectivity index (χ2v) is 4.10. The largest absolute Gasteiger partial charge is 0.392 e. The molecule has 0 aliphatic carbocycles. The number of halogens is 1. The van der Waals surface area contributed by atoms with Gasteiger partial charge >= 0.3 is 0 Å². The SMILES string of the molecule is Cc1cc(Br)ccc1NC[C@@H](C)O. The topological polar surface area (TPSA) is 32.3 Å². The van der Waals surface area contributed by atoms with Crippen LogP contribution in [0, 0.1) is 6.92 Å². The van der Waals surface area contributed by atoms with E-state index in [4.69, 9.17) is 5.11 Å². The first-order valence-electron chi connectivity index (χ1n) is 4.27. The highest BCUT2D eigenvalue weighted by Gasteiger charge is 1.99. The van der Waals surface area contributed by atoms with Gasteiger partial charge in [-0.15, -0.1) is 0 Å². The summed E-state index contributed by atoms with van der Waals surface area (Å²) in [5.74, 6) is 0. The van der Waals surface area contributed by atoms with Crippen molar-refractivity contribution in [3.8, 4) is 0 Å². The van der Waals surface area contributed by atoms with Gasteiger partial charge in [0.2, 0.25) is 0 Å². The molecule has 13 heavy (non-hydrogen) atoms. The summed E-state index contributed by atoms with van der Waals surface area (Å²) in [6.45, 7) is 4.39. The molecule has 0 radical (unpaired) electrons. The summed E-state index contributed by atoms with van der Waals surface area (Å²) in [6, 6.07) is 6.03. The summed E-state index contributed by atoms with van der Waals surface area (Å²) in [4.78, 5) is 0. The minimum Gasteiger partial charge on any atom is -0.392 e. The highest BCUT2D eigenvalue weighted by atomic mass is 79.9. The molecule has 1 aromatic carbocycles. The molecular formula is C10H14BrNO. The Labute approximate surface area is 87.1 Å². The fourth-order valence-corrected chi connectivity index (χ4v) is 1.56. The van der Waals surface area contributed by atoms with Gasteiger partial charge in [-0.05, 0) is 37.6 Å². The highest BCUT2D eigenvalue weighted by molar-refractivity contribution is 9.10. The molecule has 0 fully saturated rings. The van der Waals surface area contributed by atoms with E-state index < -0.39 is 0 Å². The van der Waals surface area contributed by atoms with E-state index in [0.29, 0.717) is 6.54 Å². The third-order valence-electron chi connectivity index (χ3n) is 1.78. The van der Waals surface area contributed by atoms with Gasteiger partial charge in [-0.3, -0.25) is 0 Å². The van der Waals surface area contributed by atoms with E-state index in [9.17, 15) is 0 Å². The molecule has 0 aromatic heterocycles. The Hall–Kier alpha value is -0.540. The molecule has 1 atom stereocenters. The zero-order valence-corrected chi connectivity index (χ0v) is 9.43. The van der Waals surface area contributed by atoms with Crippen molar-refractivity contribution in [2.45, 2.75) is 20.0 Å². The molecule has 3 heteroatoms. The molecule has 0 unspecified atom stereocenters. The first-order chi connectivity index (χ1) is 6.09. The molecule has 0 saturated carbocycles. The summed E-state index contributed by atoms with van der Waals surface area (Å²) in [5.41, 5.74) is 2.25. The van der Waals surface area contributed by atoms with Crippen LogP contribution in [0.5, 0.6) is 0 Å². The van der Waals surface area contributed by atoms with Crippen LogP contribution in [0.2, 0.25) is 0 Å². The van der Waals surface area contributed by atoms with Gasteiger partial charge in [-0.25, -0.2) is 0 Å². The molecule has 2 nitrogen and oxygen atoms in total. The molecular weight excluding hydrogens is 230 g/mol. The number of nitrogens with one attached hydrogen (secondary N) is 1. The van der Waals surface area contributed by atoms with Crippen molar-refractivity contribution in [1.82, 2.24) is 0 Å². The van der Waals surface area contributed by atoms with E-state index in [2.05, 4.69) is 21.2 Å². The number of rotatable bonds is 3. The van der Waals surface area contributed by atoms with Gasteiger partial charge in [-0.1, -0.05) is 15.9 Å². The van der Waals surface area contributed by atoms with Crippen molar-refractivity contribution in [2.24, 2.45) is 0 Å². The molecule has 1 rings (SSSR count). The standard InChI is InChI=1S/C10H14BrNO/c1-7-5-9(11)3-4-10(7)12-6-8(2)13/h3-5,8,12-13H,6H2,1-2H3/t8-/m1/s1. The summed E-state index contributed by atoms with van der Waals surface area (Å²) in [6.07, 6.45) is -0.317. The molecule has 0 spiro atoms. The van der Waals surface area contributed by atoms with E-state index in [0.717, 1.165) is 10.2 Å². The fourth-order valence-electron chi connectivity index (χ4n) is 1.08. The van der Waals surface area contributed by atoms with Crippen LogP contribution in [-0.4, -0.2) is 17.8 Å². The van der Waals surface area contributed by atoms with Crippen molar-refractivity contribution < 1.29 is 5.11 Å². The zero-order chi connectivity index (χ0) is 9.84. The molecule has 0 saturated heterocycles. The van der Waals surface area contributed by atoms with Crippen molar-refractivity contribution >= 4 is 21.6 Å². The van der Waals surface area contributed by atoms with Gasteiger partial charge in [0.15, 0.2) is 0 Å². The highest BCUT2D eigenvalue weighted by Crippen LogP contribution is 2.19. The van der Waals surface area contributed by atoms with Crippen LogP contribution in [0.3, 0.4) is 0 Å². The van der Waals surface area contributed by atoms with E-state index in [1.165, 1.54) is 5.56 Å². The van der Waals surface area contributed by atoms with Gasteiger partial charge < -0.3 is 10.4 Å². The number of aryl methyl sites for hydroxylation is 1. The average molecular weight is 244 g/mol. The minimum absolute atomic E-state index is 0.317. The molecule has 0 amide bonds. The molecule has 72 valence electrons. The number of benzene rings is 1. The zero-order valence-electron chi connectivity index (χ0n) is 7.84. The average Bonchev–Trinajstić information content (AvgIpc) is 2.02. The fraction of sp³-hybridized carbons (Fsp3) is 0.400. The molecule has 0 bridgehead atoms. The molecule has 2 N–H and O–H groups in total. The van der Waals surface area contributed by atoms with Crippen molar-refractivity contribution in [2.75, 3.05) is 11.9 Å². The lowest BCUT2D eigenvalue weighted by Crippen LogP contribution is -2.15. The third-order valence-corrected chi connectivity index (χ3v) is 2.27. The van der Waals surface area contributed by atoms with Gasteiger partial charge in [0.1, 0.15) is 0 Å². The number of hydrogen-bond acceptors (Lipinski definition) is 2. The van der Waals surface area contributed by atoms with Crippen molar-refractivity contribution in [3.63, 3.8) is 0 Å². The van der Waals surface area contributed by atoms with Gasteiger partial charge in [-0.2, -0.15) is 0 Å². The number of anilines is 1. The second kappa shape index (κ2) is 4.63. The Kier molecular flexibility index (Phi) is 3.75. The summed E-state index contributed by atoms with van der Waals surface area (Å²) >= 11 is 3.40. The first-order valence-corrected chi connectivity index (χ1v) is 5.07. The Balaban J connectivity index is 2.67. The maximum atomic E-state index is 9.09. The van der Waals surface area contributed by atoms with E-state index in [1.807, 2.05) is 25.1 Å². The smallest absolute Gasteiger partial charge is 0.0684 e. The van der Waals surface area contributed by atoms with Crippen LogP contribution < -0.4 is 5.32 Å². The van der Waals surface area contributed by atoms with Crippen LogP contribution in [0.4, 0.5) is 5.69 Å². The van der Waals surface area contributed by atoms with Crippen LogP contribution in [0.25, 0.3) is 0 Å². The quantitative estimate of drug-likeness (QED) is 0.856. The molecule has 0 aliphatic heterocycles. The Morgan fingerprint density at radius 2 is 2.23 bits per heavy atom. The molecule has 0 heterocycles. The van der Waals surface area contributed by atoms with Gasteiger partial charge in [0.05, 0.1) is 6.10 Å². The summed E-state index contributed by atoms with van der Waals surface area (Å²) in [7, 11) is 0. The Morgan fingerprint density at radius 3 is 2.77 bits per heavy atom. The Bertz CT molecular complexity index is 286. The summed E-state index contributed by atoms with van der Waals surface area (Å²) < 4.78 is 1.08. The van der Waals surface area contributed by atoms with Crippen molar-refractivity contribution in [3.05, 3.63) is 28.2 Å². The number of aliphatic hydroxyl groups excluding tert-OH is 1. The maximum absolute atomic E-state index is 9.09. The van der Waals surface area contributed by atoms with Crippen LogP contribution in [0.1, 0.15) is 12.5 Å². The molecule has 1 aromatic rings. The minimum atomic E-state index is -0.317. The van der Waals surface area contributed by atoms with Gasteiger partial charge in [0, 0.05) is 16.7 Å². The maximum Gasteiger partial charge on any atom is 0.0684 e. The van der Waals surface area contributed by atoms with Crippen LogP contribution in [0.15, 0.2) is 22.7 Å². The van der Waals surface area contributed by atoms with Crippen molar-refractivity contribution in [1.29, 1.82) is 0 Å². The lowest BCUT2D eigenvalue weighted by atomic mass is 10.2. The normalized spacial score (nSPS) is 12.6. The monoisotopic (exact) mass is 243 g/mol. The predicted molar refractivity (Wildman–Crippen MR) is 59.0 cm³/mol. The van der Waals surface area contributed by atoms with Crippen LogP contribution >= 0.6 is 15.9 Å². The van der Waals surface area contributed by atoms with E-state index in [-0.39, 0.29) is 6.10 Å². The second-order valence-electron chi connectivity index (χ2n) is 3.19. The van der Waals surface area contributed by atoms with E-state index >= 15 is 0 Å². The third kappa shape index (κ3) is 3.36. The van der Waals surface area contributed by atoms with Gasteiger partial charge in [0.25, 0.3) is 0 Å².